The van der Waals surface area contributed by atoms with Crippen LogP contribution in [0.3, 0.4) is 0 Å². The largest absolute Gasteiger partial charge is 0.491 e. The van der Waals surface area contributed by atoms with Crippen molar-refractivity contribution in [3.05, 3.63) is 35.1 Å². The summed E-state index contributed by atoms with van der Waals surface area (Å²) in [5.74, 6) is 1.51. The number of rotatable bonds is 4. The molecule has 98 valence electrons. The number of nitrogens with two attached hydrogens (primary N) is 1. The van der Waals surface area contributed by atoms with Crippen molar-refractivity contribution in [2.24, 2.45) is 0 Å². The van der Waals surface area contributed by atoms with Crippen molar-refractivity contribution in [3.63, 3.8) is 0 Å². The fourth-order valence-electron chi connectivity index (χ4n) is 1.72. The Hall–Kier alpha value is -2.15. The van der Waals surface area contributed by atoms with Crippen molar-refractivity contribution in [3.8, 4) is 5.75 Å². The molecule has 0 radical (unpaired) electrons. The van der Waals surface area contributed by atoms with E-state index in [-0.39, 0.29) is 0 Å². The van der Waals surface area contributed by atoms with E-state index in [2.05, 4.69) is 15.3 Å². The van der Waals surface area contributed by atoms with E-state index in [4.69, 9.17) is 10.5 Å². The number of benzene rings is 1. The third kappa shape index (κ3) is 2.37. The number of fused-ring (bicyclic) bond motifs is 1. The lowest BCUT2D eigenvalue weighted by molar-refractivity contribution is 0.323. The molecule has 3 rings (SSSR count). The first-order valence-electron chi connectivity index (χ1n) is 5.89. The summed E-state index contributed by atoms with van der Waals surface area (Å²) in [4.78, 5) is 0.812. The maximum Gasteiger partial charge on any atom is 0.234 e. The predicted molar refractivity (Wildman–Crippen MR) is 73.4 cm³/mol. The highest BCUT2D eigenvalue weighted by atomic mass is 32.1. The number of para-hydroxylation sites is 2. The lowest BCUT2D eigenvalue weighted by Gasteiger charge is -2.06. The molecule has 0 unspecified atom stereocenters. The van der Waals surface area contributed by atoms with E-state index in [9.17, 15) is 0 Å². The predicted octanol–water partition coefficient (Wildman–Crippen LogP) is 1.70. The van der Waals surface area contributed by atoms with Gasteiger partial charge >= 0.3 is 0 Å². The van der Waals surface area contributed by atoms with Crippen LogP contribution in [0, 0.1) is 6.92 Å². The van der Waals surface area contributed by atoms with Gasteiger partial charge in [-0.25, -0.2) is 0 Å². The van der Waals surface area contributed by atoms with Gasteiger partial charge in [0.25, 0.3) is 0 Å². The molecule has 2 N–H and O–H groups in total. The van der Waals surface area contributed by atoms with Crippen molar-refractivity contribution < 1.29 is 4.74 Å². The van der Waals surface area contributed by atoms with Crippen LogP contribution >= 0.6 is 11.3 Å². The highest BCUT2D eigenvalue weighted by molar-refractivity contribution is 7.16. The van der Waals surface area contributed by atoms with E-state index in [0.717, 1.165) is 22.2 Å². The first kappa shape index (κ1) is 11.9. The van der Waals surface area contributed by atoms with Gasteiger partial charge in [-0.1, -0.05) is 23.5 Å². The van der Waals surface area contributed by atoms with Gasteiger partial charge < -0.3 is 10.5 Å². The Kier molecular flexibility index (Phi) is 3.04. The Bertz CT molecular complexity index is 705. The van der Waals surface area contributed by atoms with Gasteiger partial charge in [0.2, 0.25) is 4.96 Å². The van der Waals surface area contributed by atoms with Gasteiger partial charge in [-0.2, -0.15) is 9.61 Å². The molecule has 0 spiro atoms. The van der Waals surface area contributed by atoms with Crippen LogP contribution in [0.4, 0.5) is 5.69 Å². The second kappa shape index (κ2) is 4.85. The summed E-state index contributed by atoms with van der Waals surface area (Å²) in [5, 5.41) is 13.4. The molecule has 3 aromatic rings. The quantitative estimate of drug-likeness (QED) is 0.733. The third-order valence-corrected chi connectivity index (χ3v) is 3.64. The van der Waals surface area contributed by atoms with Crippen LogP contribution in [0.25, 0.3) is 4.96 Å². The summed E-state index contributed by atoms with van der Waals surface area (Å²) in [6, 6.07) is 7.46. The standard InChI is InChI=1S/C12H13N5OS/c1-8-14-15-12-17(8)16-11(19-12)6-7-18-10-5-3-2-4-9(10)13/h2-5H,6-7,13H2,1H3. The van der Waals surface area contributed by atoms with E-state index in [0.29, 0.717) is 18.0 Å². The normalized spacial score (nSPS) is 11.0. The molecule has 7 heteroatoms. The van der Waals surface area contributed by atoms with E-state index in [1.807, 2.05) is 31.2 Å². The zero-order chi connectivity index (χ0) is 13.2. The lowest BCUT2D eigenvalue weighted by atomic mass is 10.3. The Morgan fingerprint density at radius 2 is 2.16 bits per heavy atom. The zero-order valence-corrected chi connectivity index (χ0v) is 11.2. The smallest absolute Gasteiger partial charge is 0.234 e. The van der Waals surface area contributed by atoms with Crippen LogP contribution in [-0.4, -0.2) is 26.4 Å². The molecule has 0 amide bonds. The number of nitrogens with zero attached hydrogens (tertiary/aromatic N) is 4. The highest BCUT2D eigenvalue weighted by Crippen LogP contribution is 2.20. The highest BCUT2D eigenvalue weighted by Gasteiger charge is 2.08. The maximum atomic E-state index is 5.80. The van der Waals surface area contributed by atoms with Crippen molar-refractivity contribution in [1.29, 1.82) is 0 Å². The molecule has 6 nitrogen and oxygen atoms in total. The van der Waals surface area contributed by atoms with Crippen molar-refractivity contribution in [1.82, 2.24) is 19.8 Å². The molecule has 2 heterocycles. The van der Waals surface area contributed by atoms with Gasteiger partial charge in [-0.3, -0.25) is 0 Å². The van der Waals surface area contributed by atoms with Gasteiger partial charge in [-0.15, -0.1) is 10.2 Å². The number of hydrogen-bond acceptors (Lipinski definition) is 6. The molecule has 0 atom stereocenters. The number of nitrogen functional groups attached to an aromatic ring is 1. The maximum absolute atomic E-state index is 5.80. The molecule has 0 saturated heterocycles. The Morgan fingerprint density at radius 3 is 2.95 bits per heavy atom. The molecular weight excluding hydrogens is 262 g/mol. The Morgan fingerprint density at radius 1 is 1.32 bits per heavy atom. The van der Waals surface area contributed by atoms with Gasteiger partial charge in [0.15, 0.2) is 5.82 Å². The Balaban J connectivity index is 1.65. The van der Waals surface area contributed by atoms with Crippen LogP contribution < -0.4 is 10.5 Å². The summed E-state index contributed by atoms with van der Waals surface area (Å²) < 4.78 is 7.39. The van der Waals surface area contributed by atoms with Gasteiger partial charge in [0.05, 0.1) is 12.3 Å². The van der Waals surface area contributed by atoms with Crippen LogP contribution in [0.1, 0.15) is 10.8 Å². The zero-order valence-electron chi connectivity index (χ0n) is 10.4. The number of aryl methyl sites for hydroxylation is 1. The molecule has 2 aromatic heterocycles. The first-order valence-corrected chi connectivity index (χ1v) is 6.71. The van der Waals surface area contributed by atoms with E-state index in [1.54, 1.807) is 4.52 Å². The molecule has 0 saturated carbocycles. The van der Waals surface area contributed by atoms with Crippen LogP contribution in [0.15, 0.2) is 24.3 Å². The van der Waals surface area contributed by atoms with E-state index in [1.165, 1.54) is 11.3 Å². The average molecular weight is 275 g/mol. The van der Waals surface area contributed by atoms with Gasteiger partial charge in [0, 0.05) is 6.42 Å². The Labute approximate surface area is 113 Å². The molecule has 0 aliphatic heterocycles. The van der Waals surface area contributed by atoms with Crippen LogP contribution in [0.2, 0.25) is 0 Å². The minimum absolute atomic E-state index is 0.539. The first-order chi connectivity index (χ1) is 9.24. The summed E-state index contributed by atoms with van der Waals surface area (Å²) in [6.07, 6.45) is 0.724. The summed E-state index contributed by atoms with van der Waals surface area (Å²) in [6.45, 7) is 2.42. The third-order valence-electron chi connectivity index (χ3n) is 2.68. The second-order valence-corrected chi connectivity index (χ2v) is 5.11. The van der Waals surface area contributed by atoms with Gasteiger partial charge in [0.1, 0.15) is 10.8 Å². The molecule has 19 heavy (non-hydrogen) atoms. The molecular formula is C12H13N5OS. The SMILES string of the molecule is Cc1nnc2sc(CCOc3ccccc3N)nn12. The fraction of sp³-hybridized carbons (Fsp3) is 0.250. The van der Waals surface area contributed by atoms with Crippen molar-refractivity contribution >= 4 is 22.0 Å². The molecule has 0 aliphatic carbocycles. The molecule has 0 bridgehead atoms. The number of anilines is 1. The van der Waals surface area contributed by atoms with Gasteiger partial charge in [-0.05, 0) is 19.1 Å². The molecule has 1 aromatic carbocycles. The van der Waals surface area contributed by atoms with Crippen molar-refractivity contribution in [2.45, 2.75) is 13.3 Å². The number of aromatic nitrogens is 4. The van der Waals surface area contributed by atoms with Crippen LogP contribution in [-0.2, 0) is 6.42 Å². The summed E-state index contributed by atoms with van der Waals surface area (Å²) in [7, 11) is 0. The second-order valence-electron chi connectivity index (χ2n) is 4.07. The summed E-state index contributed by atoms with van der Waals surface area (Å²) in [5.41, 5.74) is 6.45. The molecule has 0 fully saturated rings. The molecule has 0 aliphatic rings. The minimum Gasteiger partial charge on any atom is -0.491 e. The minimum atomic E-state index is 0.539. The van der Waals surface area contributed by atoms with Crippen LogP contribution in [0.5, 0.6) is 5.75 Å². The summed E-state index contributed by atoms with van der Waals surface area (Å²) >= 11 is 1.52. The van der Waals surface area contributed by atoms with E-state index < -0.39 is 0 Å². The lowest BCUT2D eigenvalue weighted by Crippen LogP contribution is -2.03. The fourth-order valence-corrected chi connectivity index (χ4v) is 2.58. The monoisotopic (exact) mass is 275 g/mol. The average Bonchev–Trinajstić information content (AvgIpc) is 2.95. The van der Waals surface area contributed by atoms with Crippen molar-refractivity contribution in [2.75, 3.05) is 12.3 Å². The topological polar surface area (TPSA) is 78.3 Å². The van der Waals surface area contributed by atoms with E-state index >= 15 is 0 Å². The number of ether oxygens (including phenoxy) is 1. The number of hydrogen-bond donors (Lipinski definition) is 1.